The quantitative estimate of drug-likeness (QED) is 0.0469. The number of carbonyl (C=O) groups is 8. The van der Waals surface area contributed by atoms with Crippen molar-refractivity contribution in [3.8, 4) is 0 Å². The highest BCUT2D eigenvalue weighted by Crippen LogP contribution is 2.08. The van der Waals surface area contributed by atoms with Gasteiger partial charge in [-0.15, -0.1) is 0 Å². The van der Waals surface area contributed by atoms with Gasteiger partial charge in [0, 0.05) is 17.9 Å². The Morgan fingerprint density at radius 2 is 1.19 bits per heavy atom. The molecule has 6 amide bonds. The van der Waals surface area contributed by atoms with Crippen LogP contribution in [0, 0.1) is 5.92 Å². The van der Waals surface area contributed by atoms with Gasteiger partial charge < -0.3 is 58.1 Å². The van der Waals surface area contributed by atoms with Crippen LogP contribution in [0.3, 0.4) is 0 Å². The zero-order valence-corrected chi connectivity index (χ0v) is 27.9. The van der Waals surface area contributed by atoms with Crippen LogP contribution < -0.4 is 37.6 Å². The van der Waals surface area contributed by atoms with E-state index in [0.29, 0.717) is 6.42 Å². The van der Waals surface area contributed by atoms with Crippen molar-refractivity contribution >= 4 is 72.6 Å². The lowest BCUT2D eigenvalue weighted by atomic mass is 9.99. The molecule has 0 rings (SSSR count). The van der Waals surface area contributed by atoms with Crippen LogP contribution in [0.1, 0.15) is 40.0 Å². The third-order valence-electron chi connectivity index (χ3n) is 6.77. The Morgan fingerprint density at radius 3 is 1.60 bits per heavy atom. The predicted molar refractivity (Wildman–Crippen MR) is 171 cm³/mol. The number of nitrogens with one attached hydrogen (secondary N) is 6. The summed E-state index contributed by atoms with van der Waals surface area (Å²) in [5, 5.41) is 50.9. The molecule has 0 fully saturated rings. The highest BCUT2D eigenvalue weighted by Gasteiger charge is 2.33. The lowest BCUT2D eigenvalue weighted by Crippen LogP contribution is -2.60. The van der Waals surface area contributed by atoms with Crippen molar-refractivity contribution in [2.24, 2.45) is 11.7 Å². The summed E-state index contributed by atoms with van der Waals surface area (Å²) in [6.07, 6.45) is -1.79. The van der Waals surface area contributed by atoms with Crippen molar-refractivity contribution in [2.45, 2.75) is 82.4 Å². The monoisotopic (exact) mass is 711 g/mol. The minimum absolute atomic E-state index is 0.322. The summed E-state index contributed by atoms with van der Waals surface area (Å²) in [5.41, 5.74) is 5.48. The van der Waals surface area contributed by atoms with Crippen LogP contribution in [0.25, 0.3) is 0 Å². The molecule has 8 atom stereocenters. The van der Waals surface area contributed by atoms with E-state index in [1.165, 1.54) is 6.92 Å². The number of hydrogen-bond acceptors (Lipinski definition) is 13. The molecule has 21 heteroatoms. The van der Waals surface area contributed by atoms with E-state index in [0.717, 1.165) is 0 Å². The maximum Gasteiger partial charge on any atom is 0.326 e. The van der Waals surface area contributed by atoms with Gasteiger partial charge in [0.25, 0.3) is 0 Å². The first-order valence-corrected chi connectivity index (χ1v) is 15.7. The standard InChI is InChI=1S/C26H45N7O12S2/c1-4-11(2)20(26(44)45)33-22(40)14(8-34)30-23(41)15(9-46)32-24(42)16(10-47)31-21(39)13(5-6-18(37)38)29-17(36)7-28-25(43)19(27)12(3)35/h11-16,19-20,34-35,46-47H,4-10,27H2,1-3H3,(H,28,43)(H,29,36)(H,30,41)(H,31,39)(H,32,42)(H,33,40)(H,37,38)(H,44,45)/t11-,12+,13-,14-,15-,16-,19-,20-/m0/s1. The van der Waals surface area contributed by atoms with Crippen LogP contribution >= 0.6 is 25.3 Å². The Morgan fingerprint density at radius 1 is 0.723 bits per heavy atom. The van der Waals surface area contributed by atoms with Gasteiger partial charge in [0.15, 0.2) is 0 Å². The van der Waals surface area contributed by atoms with Crippen molar-refractivity contribution in [3.63, 3.8) is 0 Å². The van der Waals surface area contributed by atoms with E-state index >= 15 is 0 Å². The number of aliphatic hydroxyl groups is 2. The Kier molecular flexibility index (Phi) is 20.3. The zero-order valence-electron chi connectivity index (χ0n) is 26.1. The summed E-state index contributed by atoms with van der Waals surface area (Å²) in [5.74, 6) is -9.45. The largest absolute Gasteiger partial charge is 0.481 e. The molecule has 0 aliphatic heterocycles. The van der Waals surface area contributed by atoms with Crippen molar-refractivity contribution < 1.29 is 58.8 Å². The van der Waals surface area contributed by atoms with E-state index in [4.69, 9.17) is 10.8 Å². The van der Waals surface area contributed by atoms with Gasteiger partial charge in [0.1, 0.15) is 36.3 Å². The number of thiol groups is 2. The van der Waals surface area contributed by atoms with Gasteiger partial charge in [-0.2, -0.15) is 25.3 Å². The van der Waals surface area contributed by atoms with Crippen LogP contribution in [0.15, 0.2) is 0 Å². The highest BCUT2D eigenvalue weighted by atomic mass is 32.1. The summed E-state index contributed by atoms with van der Waals surface area (Å²) in [6.45, 7) is 2.98. The lowest BCUT2D eigenvalue weighted by molar-refractivity contribution is -0.144. The van der Waals surface area contributed by atoms with Crippen LogP contribution in [-0.2, 0) is 38.4 Å². The molecule has 0 spiro atoms. The summed E-state index contributed by atoms with van der Waals surface area (Å²) < 4.78 is 0. The molecule has 19 nitrogen and oxygen atoms in total. The van der Waals surface area contributed by atoms with Gasteiger partial charge in [0.2, 0.25) is 35.4 Å². The number of amides is 6. The van der Waals surface area contributed by atoms with Gasteiger partial charge in [-0.1, -0.05) is 20.3 Å². The molecular formula is C26H45N7O12S2. The molecule has 0 saturated heterocycles. The van der Waals surface area contributed by atoms with E-state index in [1.807, 2.05) is 0 Å². The molecule has 0 aliphatic carbocycles. The first-order chi connectivity index (χ1) is 21.9. The van der Waals surface area contributed by atoms with Gasteiger partial charge in [0.05, 0.1) is 19.3 Å². The van der Waals surface area contributed by atoms with Crippen LogP contribution in [-0.4, -0.2) is 135 Å². The summed E-state index contributed by atoms with van der Waals surface area (Å²) in [4.78, 5) is 98.3. The number of rotatable bonds is 22. The predicted octanol–water partition coefficient (Wildman–Crippen LogP) is -4.92. The average molecular weight is 712 g/mol. The second kappa shape index (κ2) is 22.0. The first kappa shape index (κ1) is 43.3. The van der Waals surface area contributed by atoms with E-state index in [-0.39, 0.29) is 11.5 Å². The zero-order chi connectivity index (χ0) is 36.4. The number of carboxylic acids is 2. The Hall–Kier alpha value is -3.66. The summed E-state index contributed by atoms with van der Waals surface area (Å²) >= 11 is 8.05. The molecular weight excluding hydrogens is 666 g/mol. The van der Waals surface area contributed by atoms with E-state index < -0.39 is 122 Å². The van der Waals surface area contributed by atoms with E-state index in [1.54, 1.807) is 13.8 Å². The summed E-state index contributed by atoms with van der Waals surface area (Å²) in [6, 6.07) is -8.56. The van der Waals surface area contributed by atoms with Crippen LogP contribution in [0.2, 0.25) is 0 Å². The fraction of sp³-hybridized carbons (Fsp3) is 0.692. The first-order valence-electron chi connectivity index (χ1n) is 14.4. The number of aliphatic carboxylic acids is 2. The third kappa shape index (κ3) is 15.7. The molecule has 268 valence electrons. The number of aliphatic hydroxyl groups excluding tert-OH is 2. The highest BCUT2D eigenvalue weighted by molar-refractivity contribution is 7.80. The minimum atomic E-state index is -1.58. The van der Waals surface area contributed by atoms with Gasteiger partial charge in [-0.3, -0.25) is 33.6 Å². The molecule has 47 heavy (non-hydrogen) atoms. The molecule has 0 saturated carbocycles. The lowest BCUT2D eigenvalue weighted by Gasteiger charge is -2.26. The van der Waals surface area contributed by atoms with E-state index in [9.17, 15) is 53.7 Å². The van der Waals surface area contributed by atoms with Gasteiger partial charge in [-0.25, -0.2) is 4.79 Å². The molecule has 0 bridgehead atoms. The topological polar surface area (TPSA) is 316 Å². The number of hydrogen-bond donors (Lipinski definition) is 13. The normalized spacial score (nSPS) is 16.0. The van der Waals surface area contributed by atoms with Crippen molar-refractivity contribution in [1.82, 2.24) is 31.9 Å². The Bertz CT molecular complexity index is 1130. The number of carboxylic acid groups (broad SMARTS) is 2. The second-order valence-corrected chi connectivity index (χ2v) is 11.2. The molecule has 0 radical (unpaired) electrons. The fourth-order valence-electron chi connectivity index (χ4n) is 3.62. The fourth-order valence-corrected chi connectivity index (χ4v) is 4.14. The molecule has 0 aromatic rings. The third-order valence-corrected chi connectivity index (χ3v) is 7.50. The van der Waals surface area contributed by atoms with Gasteiger partial charge in [-0.05, 0) is 19.3 Å². The molecule has 0 unspecified atom stereocenters. The van der Waals surface area contributed by atoms with Crippen LogP contribution in [0.4, 0.5) is 0 Å². The maximum atomic E-state index is 13.0. The second-order valence-electron chi connectivity index (χ2n) is 10.5. The Balaban J connectivity index is 5.52. The van der Waals surface area contributed by atoms with Crippen molar-refractivity contribution in [1.29, 1.82) is 0 Å². The minimum Gasteiger partial charge on any atom is -0.481 e. The number of carbonyl (C=O) groups excluding carboxylic acids is 6. The van der Waals surface area contributed by atoms with Crippen LogP contribution in [0.5, 0.6) is 0 Å². The van der Waals surface area contributed by atoms with Crippen molar-refractivity contribution in [3.05, 3.63) is 0 Å². The molecule has 0 heterocycles. The molecule has 0 aromatic heterocycles. The molecule has 0 aliphatic rings. The van der Waals surface area contributed by atoms with Crippen molar-refractivity contribution in [2.75, 3.05) is 24.7 Å². The SMILES string of the molecule is CC[C@H](C)[C@H](NC(=O)[C@H](CO)NC(=O)[C@H](CS)NC(=O)[C@H](CS)NC(=O)[C@H](CCC(=O)O)NC(=O)CNC(=O)[C@@H](N)[C@@H](C)O)C(=O)O. The Labute approximate surface area is 281 Å². The smallest absolute Gasteiger partial charge is 0.326 e. The average Bonchev–Trinajstić information content (AvgIpc) is 3.02. The number of nitrogens with two attached hydrogens (primary N) is 1. The molecule has 12 N–H and O–H groups in total. The summed E-state index contributed by atoms with van der Waals surface area (Å²) in [7, 11) is 0. The van der Waals surface area contributed by atoms with E-state index in [2.05, 4.69) is 57.2 Å². The van der Waals surface area contributed by atoms with Gasteiger partial charge >= 0.3 is 11.9 Å². The molecule has 0 aromatic carbocycles. The maximum absolute atomic E-state index is 13.0.